The molecule has 0 radical (unpaired) electrons. The topological polar surface area (TPSA) is 89.3 Å². The lowest BCUT2D eigenvalue weighted by molar-refractivity contribution is -0.384. The number of nitro benzene ring substituents is 1. The fourth-order valence-electron chi connectivity index (χ4n) is 1.86. The number of nitrogens with zero attached hydrogens (tertiary/aromatic N) is 1. The molecule has 22 heavy (non-hydrogen) atoms. The number of thiophene rings is 1. The molecule has 0 unspecified atom stereocenters. The largest absolute Gasteiger partial charge is 0.352 e. The molecule has 0 fully saturated rings. The van der Waals surface area contributed by atoms with Gasteiger partial charge in [0, 0.05) is 29.1 Å². The van der Waals surface area contributed by atoms with Crippen molar-refractivity contribution in [3.8, 4) is 0 Å². The first-order valence-corrected chi connectivity index (χ1v) is 7.41. The zero-order chi connectivity index (χ0) is 16.1. The minimum Gasteiger partial charge on any atom is -0.352 e. The van der Waals surface area contributed by atoms with Crippen LogP contribution in [0.2, 0.25) is 0 Å². The summed E-state index contributed by atoms with van der Waals surface area (Å²) in [5.41, 5.74) is 0.141. The average Bonchev–Trinajstić information content (AvgIpc) is 2.96. The number of hydrogen-bond acceptors (Lipinski definition) is 5. The molecular formula is C15H14N2O4S. The molecule has 1 aromatic heterocycles. The molecule has 0 atom stereocenters. The maximum absolute atomic E-state index is 11.9. The molecule has 6 nitrogen and oxygen atoms in total. The zero-order valence-electron chi connectivity index (χ0n) is 11.9. The van der Waals surface area contributed by atoms with Crippen LogP contribution in [0.15, 0.2) is 36.4 Å². The molecule has 1 heterocycles. The standard InChI is InChI=1S/C15H14N2O4S/c1-10(18)14-6-5-13(22-14)7-8-16-15(19)11-3-2-4-12(9-11)17(20)21/h2-6,9H,7-8H2,1H3,(H,16,19). The molecule has 0 aliphatic rings. The first-order valence-electron chi connectivity index (χ1n) is 6.59. The van der Waals surface area contributed by atoms with Crippen LogP contribution in [0.1, 0.15) is 31.8 Å². The number of Topliss-reactive ketones (excluding diaryl/α,β-unsaturated/α-hetero) is 1. The maximum Gasteiger partial charge on any atom is 0.270 e. The number of nitro groups is 1. The molecule has 0 aliphatic carbocycles. The highest BCUT2D eigenvalue weighted by molar-refractivity contribution is 7.14. The monoisotopic (exact) mass is 318 g/mol. The zero-order valence-corrected chi connectivity index (χ0v) is 12.7. The molecule has 2 aromatic rings. The number of amides is 1. The van der Waals surface area contributed by atoms with E-state index >= 15 is 0 Å². The van der Waals surface area contributed by atoms with Crippen molar-refractivity contribution < 1.29 is 14.5 Å². The van der Waals surface area contributed by atoms with Gasteiger partial charge in [0.25, 0.3) is 11.6 Å². The summed E-state index contributed by atoms with van der Waals surface area (Å²) in [6.07, 6.45) is 0.610. The number of carbonyl (C=O) groups excluding carboxylic acids is 2. The van der Waals surface area contributed by atoms with Gasteiger partial charge in [0.2, 0.25) is 0 Å². The van der Waals surface area contributed by atoms with Crippen LogP contribution >= 0.6 is 11.3 Å². The molecule has 0 spiro atoms. The van der Waals surface area contributed by atoms with Crippen molar-refractivity contribution in [1.82, 2.24) is 5.32 Å². The Bertz CT molecular complexity index is 724. The lowest BCUT2D eigenvalue weighted by atomic mass is 10.2. The molecule has 1 amide bonds. The van der Waals surface area contributed by atoms with Crippen LogP contribution in [-0.4, -0.2) is 23.2 Å². The number of hydrogen-bond donors (Lipinski definition) is 1. The Balaban J connectivity index is 1.91. The third-order valence-electron chi connectivity index (χ3n) is 2.98. The van der Waals surface area contributed by atoms with Crippen molar-refractivity contribution in [1.29, 1.82) is 0 Å². The molecule has 0 saturated carbocycles. The maximum atomic E-state index is 11.9. The molecule has 1 N–H and O–H groups in total. The van der Waals surface area contributed by atoms with E-state index in [0.29, 0.717) is 17.8 Å². The Morgan fingerprint density at radius 2 is 2.05 bits per heavy atom. The number of ketones is 1. The number of benzene rings is 1. The Morgan fingerprint density at radius 1 is 1.27 bits per heavy atom. The van der Waals surface area contributed by atoms with Crippen LogP contribution in [0.25, 0.3) is 0 Å². The minimum absolute atomic E-state index is 0.0249. The Morgan fingerprint density at radius 3 is 2.68 bits per heavy atom. The predicted octanol–water partition coefficient (Wildman–Crippen LogP) is 2.83. The summed E-state index contributed by atoms with van der Waals surface area (Å²) in [5, 5.41) is 13.4. The predicted molar refractivity (Wildman–Crippen MR) is 83.5 cm³/mol. The van der Waals surface area contributed by atoms with Gasteiger partial charge in [-0.25, -0.2) is 0 Å². The van der Waals surface area contributed by atoms with Crippen LogP contribution in [0.3, 0.4) is 0 Å². The fourth-order valence-corrected chi connectivity index (χ4v) is 2.77. The van der Waals surface area contributed by atoms with Gasteiger partial charge in [-0.15, -0.1) is 11.3 Å². The van der Waals surface area contributed by atoms with E-state index in [4.69, 9.17) is 0 Å². The highest BCUT2D eigenvalue weighted by Gasteiger charge is 2.11. The van der Waals surface area contributed by atoms with Crippen molar-refractivity contribution in [2.75, 3.05) is 6.54 Å². The summed E-state index contributed by atoms with van der Waals surface area (Å²) < 4.78 is 0. The Hall–Kier alpha value is -2.54. The van der Waals surface area contributed by atoms with E-state index < -0.39 is 4.92 Å². The molecule has 0 bridgehead atoms. The van der Waals surface area contributed by atoms with Gasteiger partial charge < -0.3 is 5.32 Å². The summed E-state index contributed by atoms with van der Waals surface area (Å²) in [4.78, 5) is 35.0. The number of non-ortho nitro benzene ring substituents is 1. The van der Waals surface area contributed by atoms with Gasteiger partial charge >= 0.3 is 0 Å². The van der Waals surface area contributed by atoms with Gasteiger partial charge in [0.15, 0.2) is 5.78 Å². The number of nitrogens with one attached hydrogen (secondary N) is 1. The average molecular weight is 318 g/mol. The molecule has 0 saturated heterocycles. The second kappa shape index (κ2) is 6.95. The Kier molecular flexibility index (Phi) is 5.00. The molecule has 114 valence electrons. The molecule has 0 aliphatic heterocycles. The fraction of sp³-hybridized carbons (Fsp3) is 0.200. The first kappa shape index (κ1) is 15.8. The summed E-state index contributed by atoms with van der Waals surface area (Å²) in [6, 6.07) is 9.22. The summed E-state index contributed by atoms with van der Waals surface area (Å²) in [6.45, 7) is 1.92. The highest BCUT2D eigenvalue weighted by atomic mass is 32.1. The van der Waals surface area contributed by atoms with Gasteiger partial charge in [-0.05, 0) is 31.5 Å². The van der Waals surface area contributed by atoms with Crippen LogP contribution < -0.4 is 5.32 Å². The molecule has 7 heteroatoms. The van der Waals surface area contributed by atoms with Crippen LogP contribution in [0, 0.1) is 10.1 Å². The van der Waals surface area contributed by atoms with Crippen molar-refractivity contribution in [2.45, 2.75) is 13.3 Å². The molecular weight excluding hydrogens is 304 g/mol. The van der Waals surface area contributed by atoms with E-state index in [1.165, 1.54) is 42.5 Å². The van der Waals surface area contributed by atoms with Crippen LogP contribution in [-0.2, 0) is 6.42 Å². The van der Waals surface area contributed by atoms with Crippen LogP contribution in [0.5, 0.6) is 0 Å². The second-order valence-electron chi connectivity index (χ2n) is 4.64. The van der Waals surface area contributed by atoms with Gasteiger partial charge in [0.1, 0.15) is 0 Å². The second-order valence-corrected chi connectivity index (χ2v) is 5.80. The van der Waals surface area contributed by atoms with Crippen molar-refractivity contribution in [3.63, 3.8) is 0 Å². The molecule has 1 aromatic carbocycles. The summed E-state index contributed by atoms with van der Waals surface area (Å²) >= 11 is 1.40. The van der Waals surface area contributed by atoms with E-state index in [-0.39, 0.29) is 22.9 Å². The Labute approximate surface area is 130 Å². The van der Waals surface area contributed by atoms with E-state index in [1.54, 1.807) is 6.07 Å². The third-order valence-corrected chi connectivity index (χ3v) is 4.23. The van der Waals surface area contributed by atoms with E-state index in [9.17, 15) is 19.7 Å². The summed E-state index contributed by atoms with van der Waals surface area (Å²) in [5.74, 6) is -0.330. The normalized spacial score (nSPS) is 10.2. The van der Waals surface area contributed by atoms with Gasteiger partial charge in [-0.2, -0.15) is 0 Å². The number of rotatable bonds is 6. The van der Waals surface area contributed by atoms with E-state index in [1.807, 2.05) is 6.07 Å². The van der Waals surface area contributed by atoms with E-state index in [2.05, 4.69) is 5.32 Å². The van der Waals surface area contributed by atoms with Gasteiger partial charge in [-0.3, -0.25) is 19.7 Å². The number of carbonyl (C=O) groups is 2. The van der Waals surface area contributed by atoms with Crippen LogP contribution in [0.4, 0.5) is 5.69 Å². The van der Waals surface area contributed by atoms with Crippen molar-refractivity contribution in [3.05, 3.63) is 61.8 Å². The van der Waals surface area contributed by atoms with Gasteiger partial charge in [0.05, 0.1) is 9.80 Å². The van der Waals surface area contributed by atoms with Crippen molar-refractivity contribution in [2.24, 2.45) is 0 Å². The quantitative estimate of drug-likeness (QED) is 0.504. The highest BCUT2D eigenvalue weighted by Crippen LogP contribution is 2.17. The molecule has 2 rings (SSSR count). The minimum atomic E-state index is -0.536. The first-order chi connectivity index (χ1) is 10.5. The van der Waals surface area contributed by atoms with Gasteiger partial charge in [-0.1, -0.05) is 6.07 Å². The third kappa shape index (κ3) is 3.98. The van der Waals surface area contributed by atoms with Crippen molar-refractivity contribution >= 4 is 28.7 Å². The lowest BCUT2D eigenvalue weighted by Gasteiger charge is -2.04. The lowest BCUT2D eigenvalue weighted by Crippen LogP contribution is -2.25. The summed E-state index contributed by atoms with van der Waals surface area (Å²) in [7, 11) is 0. The SMILES string of the molecule is CC(=O)c1ccc(CCNC(=O)c2cccc([N+](=O)[O-])c2)s1. The van der Waals surface area contributed by atoms with E-state index in [0.717, 1.165) is 4.88 Å². The smallest absolute Gasteiger partial charge is 0.270 e.